The summed E-state index contributed by atoms with van der Waals surface area (Å²) in [7, 11) is 0. The Kier molecular flexibility index (Phi) is 5.22. The molecule has 0 radical (unpaired) electrons. The molecule has 2 aromatic rings. The van der Waals surface area contributed by atoms with Crippen molar-refractivity contribution in [2.45, 2.75) is 13.0 Å². The molecule has 6 nitrogen and oxygen atoms in total. The minimum Gasteiger partial charge on any atom is -0.489 e. The van der Waals surface area contributed by atoms with Gasteiger partial charge in [0.25, 0.3) is 0 Å². The molecule has 1 aliphatic heterocycles. The number of halogens is 1. The van der Waals surface area contributed by atoms with Gasteiger partial charge in [0.15, 0.2) is 0 Å². The molecule has 2 N–H and O–H groups in total. The lowest BCUT2D eigenvalue weighted by Crippen LogP contribution is -2.44. The zero-order chi connectivity index (χ0) is 16.9. The molecule has 0 bridgehead atoms. The van der Waals surface area contributed by atoms with Gasteiger partial charge in [-0.1, -0.05) is 0 Å². The van der Waals surface area contributed by atoms with Crippen LogP contribution in [0.5, 0.6) is 5.75 Å². The lowest BCUT2D eigenvalue weighted by molar-refractivity contribution is 0.0981. The van der Waals surface area contributed by atoms with Gasteiger partial charge in [-0.25, -0.2) is 14.4 Å². The summed E-state index contributed by atoms with van der Waals surface area (Å²) in [5, 5.41) is 0.871. The number of nitrogens with zero attached hydrogens (tertiary/aromatic N) is 3. The molecule has 3 rings (SSSR count). The molecule has 1 saturated heterocycles. The van der Waals surface area contributed by atoms with Crippen LogP contribution in [0.25, 0.3) is 10.9 Å². The number of benzene rings is 1. The summed E-state index contributed by atoms with van der Waals surface area (Å²) in [6.07, 6.45) is 2.27. The van der Waals surface area contributed by atoms with Crippen molar-refractivity contribution in [1.29, 1.82) is 0 Å². The molecule has 1 unspecified atom stereocenters. The van der Waals surface area contributed by atoms with Gasteiger partial charge in [0.1, 0.15) is 12.4 Å². The van der Waals surface area contributed by atoms with Gasteiger partial charge in [0.05, 0.1) is 31.1 Å². The summed E-state index contributed by atoms with van der Waals surface area (Å²) in [4.78, 5) is 11.2. The number of aromatic nitrogens is 2. The molecule has 0 amide bonds. The number of nitrogens with two attached hydrogens (primary N) is 1. The highest BCUT2D eigenvalue weighted by atomic mass is 19.1. The van der Waals surface area contributed by atoms with Crippen molar-refractivity contribution < 1.29 is 13.9 Å². The minimum atomic E-state index is 0.128. The van der Waals surface area contributed by atoms with Crippen molar-refractivity contribution in [2.75, 3.05) is 37.8 Å². The van der Waals surface area contributed by atoms with Crippen molar-refractivity contribution in [3.05, 3.63) is 36.3 Å². The number of anilines is 1. The number of rotatable bonds is 5. The van der Waals surface area contributed by atoms with Crippen LogP contribution in [0, 0.1) is 0 Å². The lowest BCUT2D eigenvalue weighted by atomic mass is 10.2. The highest BCUT2D eigenvalue weighted by molar-refractivity contribution is 5.80. The first-order valence-corrected chi connectivity index (χ1v) is 7.93. The fourth-order valence-electron chi connectivity index (χ4n) is 2.57. The van der Waals surface area contributed by atoms with Crippen LogP contribution in [0.2, 0.25) is 0 Å². The first-order valence-electron chi connectivity index (χ1n) is 7.93. The normalized spacial score (nSPS) is 18.9. The molecule has 1 atom stereocenters. The Hall–Kier alpha value is -2.25. The highest BCUT2D eigenvalue weighted by Gasteiger charge is 2.21. The molecule has 24 heavy (non-hydrogen) atoms. The van der Waals surface area contributed by atoms with Crippen LogP contribution in [0.1, 0.15) is 6.92 Å². The molecular weight excluding hydrogens is 311 g/mol. The smallest absolute Gasteiger partial charge is 0.226 e. The van der Waals surface area contributed by atoms with Crippen LogP contribution in [-0.2, 0) is 4.74 Å². The van der Waals surface area contributed by atoms with E-state index in [0.29, 0.717) is 36.8 Å². The van der Waals surface area contributed by atoms with Crippen LogP contribution >= 0.6 is 0 Å². The van der Waals surface area contributed by atoms with Crippen LogP contribution in [-0.4, -0.2) is 48.9 Å². The van der Waals surface area contributed by atoms with E-state index < -0.39 is 0 Å². The molecule has 7 heteroatoms. The maximum Gasteiger partial charge on any atom is 0.226 e. The van der Waals surface area contributed by atoms with Crippen LogP contribution in [0.15, 0.2) is 36.3 Å². The summed E-state index contributed by atoms with van der Waals surface area (Å²) in [5.41, 5.74) is 6.66. The Labute approximate surface area is 140 Å². The number of fused-ring (bicyclic) bond motifs is 1. The standard InChI is InChI=1S/C17H21FN4O2/c1-12-10-23-5-4-22(12)17-20-9-14-6-15(2-3-16(14)21-17)24-11-13(7-18)8-19/h2-3,6-7,9,12H,4-5,8,10-11,19H2,1H3/b13-7+. The first-order chi connectivity index (χ1) is 11.7. The maximum atomic E-state index is 12.5. The van der Waals surface area contributed by atoms with E-state index in [2.05, 4.69) is 21.8 Å². The molecule has 0 aliphatic carbocycles. The number of hydrogen-bond acceptors (Lipinski definition) is 6. The Morgan fingerprint density at radius 3 is 3.17 bits per heavy atom. The third kappa shape index (κ3) is 3.63. The third-order valence-electron chi connectivity index (χ3n) is 4.00. The third-order valence-corrected chi connectivity index (χ3v) is 4.00. The number of hydrogen-bond donors (Lipinski definition) is 1. The molecule has 1 aromatic carbocycles. The van der Waals surface area contributed by atoms with E-state index in [0.717, 1.165) is 17.4 Å². The monoisotopic (exact) mass is 332 g/mol. The average Bonchev–Trinajstić information content (AvgIpc) is 2.62. The van der Waals surface area contributed by atoms with Gasteiger partial charge in [-0.15, -0.1) is 0 Å². The zero-order valence-electron chi connectivity index (χ0n) is 13.6. The summed E-state index contributed by atoms with van der Waals surface area (Å²) in [5.74, 6) is 1.34. The van der Waals surface area contributed by atoms with Gasteiger partial charge in [0, 0.05) is 30.2 Å². The van der Waals surface area contributed by atoms with Crippen LogP contribution in [0.3, 0.4) is 0 Å². The summed E-state index contributed by atoms with van der Waals surface area (Å²) in [6.45, 7) is 4.50. The molecule has 1 aliphatic rings. The number of ether oxygens (including phenoxy) is 2. The van der Waals surface area contributed by atoms with Gasteiger partial charge < -0.3 is 20.1 Å². The molecule has 1 aromatic heterocycles. The maximum absolute atomic E-state index is 12.5. The van der Waals surface area contributed by atoms with E-state index in [1.54, 1.807) is 6.20 Å². The van der Waals surface area contributed by atoms with E-state index in [9.17, 15) is 4.39 Å². The van der Waals surface area contributed by atoms with E-state index in [1.165, 1.54) is 0 Å². The van der Waals surface area contributed by atoms with E-state index in [4.69, 9.17) is 15.2 Å². The summed E-state index contributed by atoms with van der Waals surface area (Å²) >= 11 is 0. The van der Waals surface area contributed by atoms with E-state index in [-0.39, 0.29) is 19.2 Å². The Morgan fingerprint density at radius 2 is 2.42 bits per heavy atom. The van der Waals surface area contributed by atoms with Gasteiger partial charge in [0.2, 0.25) is 5.95 Å². The molecule has 1 fully saturated rings. The predicted molar refractivity (Wildman–Crippen MR) is 90.9 cm³/mol. The van der Waals surface area contributed by atoms with Crippen molar-refractivity contribution in [2.24, 2.45) is 5.73 Å². The molecule has 0 saturated carbocycles. The average molecular weight is 332 g/mol. The molecule has 128 valence electrons. The van der Waals surface area contributed by atoms with Crippen molar-refractivity contribution >= 4 is 16.9 Å². The Balaban J connectivity index is 1.78. The highest BCUT2D eigenvalue weighted by Crippen LogP contribution is 2.22. The lowest BCUT2D eigenvalue weighted by Gasteiger charge is -2.33. The fourth-order valence-corrected chi connectivity index (χ4v) is 2.57. The fraction of sp³-hybridized carbons (Fsp3) is 0.412. The number of morpholine rings is 1. The molecule has 0 spiro atoms. The minimum absolute atomic E-state index is 0.128. The second-order valence-corrected chi connectivity index (χ2v) is 5.77. The van der Waals surface area contributed by atoms with Gasteiger partial charge >= 0.3 is 0 Å². The summed E-state index contributed by atoms with van der Waals surface area (Å²) in [6, 6.07) is 5.78. The van der Waals surface area contributed by atoms with E-state index in [1.807, 2.05) is 18.2 Å². The Bertz CT molecular complexity index is 738. The van der Waals surface area contributed by atoms with Crippen LogP contribution < -0.4 is 15.4 Å². The molecule has 2 heterocycles. The van der Waals surface area contributed by atoms with Crippen molar-refractivity contribution in [3.63, 3.8) is 0 Å². The topological polar surface area (TPSA) is 73.5 Å². The van der Waals surface area contributed by atoms with Gasteiger partial charge in [-0.05, 0) is 25.1 Å². The van der Waals surface area contributed by atoms with Crippen molar-refractivity contribution in [3.8, 4) is 5.75 Å². The van der Waals surface area contributed by atoms with Crippen molar-refractivity contribution in [1.82, 2.24) is 9.97 Å². The van der Waals surface area contributed by atoms with Crippen LogP contribution in [0.4, 0.5) is 10.3 Å². The van der Waals surface area contributed by atoms with Gasteiger partial charge in [-0.3, -0.25) is 0 Å². The Morgan fingerprint density at radius 1 is 1.54 bits per heavy atom. The SMILES string of the molecule is CC1COCCN1c1ncc2cc(OC/C(=C/F)CN)ccc2n1. The summed E-state index contributed by atoms with van der Waals surface area (Å²) < 4.78 is 23.5. The van der Waals surface area contributed by atoms with E-state index >= 15 is 0 Å². The first kappa shape index (κ1) is 16.6. The quantitative estimate of drug-likeness (QED) is 0.903. The molecular formula is C17H21FN4O2. The largest absolute Gasteiger partial charge is 0.489 e. The predicted octanol–water partition coefficient (Wildman–Crippen LogP) is 2.05. The van der Waals surface area contributed by atoms with Gasteiger partial charge in [-0.2, -0.15) is 0 Å². The second kappa shape index (κ2) is 7.55. The second-order valence-electron chi connectivity index (χ2n) is 5.77. The zero-order valence-corrected chi connectivity index (χ0v) is 13.6.